The molecule has 1 aromatic carbocycles. The molecule has 2 heterocycles. The lowest BCUT2D eigenvalue weighted by molar-refractivity contribution is 0.0945. The summed E-state index contributed by atoms with van der Waals surface area (Å²) >= 11 is 0. The molecular formula is C19H19N5O. The summed E-state index contributed by atoms with van der Waals surface area (Å²) in [4.78, 5) is 16.1. The van der Waals surface area contributed by atoms with Crippen molar-refractivity contribution in [2.24, 2.45) is 0 Å². The van der Waals surface area contributed by atoms with E-state index in [0.29, 0.717) is 24.6 Å². The lowest BCUT2D eigenvalue weighted by Gasteiger charge is -2.07. The van der Waals surface area contributed by atoms with Crippen LogP contribution in [0.25, 0.3) is 0 Å². The van der Waals surface area contributed by atoms with Gasteiger partial charge in [0.05, 0.1) is 0 Å². The van der Waals surface area contributed by atoms with E-state index < -0.39 is 0 Å². The number of aryl methyl sites for hydroxylation is 1. The average Bonchev–Trinajstić information content (AvgIpc) is 2.67. The zero-order chi connectivity index (χ0) is 17.5. The fourth-order valence-corrected chi connectivity index (χ4v) is 2.22. The monoisotopic (exact) mass is 333 g/mol. The van der Waals surface area contributed by atoms with E-state index in [1.165, 1.54) is 5.56 Å². The van der Waals surface area contributed by atoms with Crippen molar-refractivity contribution in [2.75, 3.05) is 5.32 Å². The van der Waals surface area contributed by atoms with E-state index in [-0.39, 0.29) is 5.91 Å². The van der Waals surface area contributed by atoms with Crippen LogP contribution in [0.5, 0.6) is 0 Å². The maximum absolute atomic E-state index is 12.1. The minimum atomic E-state index is -0.242. The quantitative estimate of drug-likeness (QED) is 0.725. The van der Waals surface area contributed by atoms with Crippen LogP contribution in [0.4, 0.5) is 5.82 Å². The summed E-state index contributed by atoms with van der Waals surface area (Å²) in [5.74, 6) is 0.376. The van der Waals surface area contributed by atoms with E-state index in [2.05, 4.69) is 25.8 Å². The predicted octanol–water partition coefficient (Wildman–Crippen LogP) is 2.72. The highest BCUT2D eigenvalue weighted by molar-refractivity contribution is 5.92. The Labute approximate surface area is 146 Å². The normalized spacial score (nSPS) is 10.3. The van der Waals surface area contributed by atoms with Gasteiger partial charge in [-0.2, -0.15) is 0 Å². The van der Waals surface area contributed by atoms with Crippen LogP contribution in [0.1, 0.15) is 27.2 Å². The van der Waals surface area contributed by atoms with Crippen LogP contribution in [0, 0.1) is 6.92 Å². The van der Waals surface area contributed by atoms with Crippen LogP contribution in [-0.4, -0.2) is 21.1 Å². The average molecular weight is 333 g/mol. The Morgan fingerprint density at radius 1 is 0.880 bits per heavy atom. The van der Waals surface area contributed by atoms with Gasteiger partial charge in [0.15, 0.2) is 5.69 Å². The number of hydrogen-bond donors (Lipinski definition) is 2. The molecule has 0 spiro atoms. The Kier molecular flexibility index (Phi) is 5.31. The summed E-state index contributed by atoms with van der Waals surface area (Å²) in [7, 11) is 0. The second-order valence-corrected chi connectivity index (χ2v) is 5.68. The largest absolute Gasteiger partial charge is 0.365 e. The van der Waals surface area contributed by atoms with Gasteiger partial charge >= 0.3 is 0 Å². The number of rotatable bonds is 6. The first-order valence-corrected chi connectivity index (χ1v) is 8.01. The Hall–Kier alpha value is -3.28. The van der Waals surface area contributed by atoms with Gasteiger partial charge in [0.25, 0.3) is 5.91 Å². The summed E-state index contributed by atoms with van der Waals surface area (Å²) in [6.45, 7) is 3.11. The first-order chi connectivity index (χ1) is 12.2. The fraction of sp³-hybridized carbons (Fsp3) is 0.158. The minimum Gasteiger partial charge on any atom is -0.365 e. The number of amides is 1. The smallest absolute Gasteiger partial charge is 0.272 e. The third-order valence-corrected chi connectivity index (χ3v) is 3.69. The second-order valence-electron chi connectivity index (χ2n) is 5.68. The van der Waals surface area contributed by atoms with Gasteiger partial charge < -0.3 is 10.6 Å². The summed E-state index contributed by atoms with van der Waals surface area (Å²) < 4.78 is 0. The molecule has 126 valence electrons. The van der Waals surface area contributed by atoms with Crippen LogP contribution in [0.15, 0.2) is 60.9 Å². The fourth-order valence-electron chi connectivity index (χ4n) is 2.22. The predicted molar refractivity (Wildman–Crippen MR) is 95.9 cm³/mol. The van der Waals surface area contributed by atoms with Crippen molar-refractivity contribution < 1.29 is 4.79 Å². The maximum Gasteiger partial charge on any atom is 0.272 e. The van der Waals surface area contributed by atoms with Gasteiger partial charge in [-0.15, -0.1) is 10.2 Å². The van der Waals surface area contributed by atoms with Crippen molar-refractivity contribution in [1.82, 2.24) is 20.5 Å². The first kappa shape index (κ1) is 16.6. The molecule has 3 rings (SSSR count). The number of anilines is 1. The van der Waals surface area contributed by atoms with Crippen LogP contribution >= 0.6 is 0 Å². The topological polar surface area (TPSA) is 79.8 Å². The summed E-state index contributed by atoms with van der Waals surface area (Å²) in [6.07, 6.45) is 3.48. The molecular weight excluding hydrogens is 314 g/mol. The number of nitrogens with zero attached hydrogens (tertiary/aromatic N) is 3. The third-order valence-electron chi connectivity index (χ3n) is 3.69. The molecule has 0 aliphatic heterocycles. The Morgan fingerprint density at radius 3 is 2.28 bits per heavy atom. The van der Waals surface area contributed by atoms with Crippen molar-refractivity contribution in [3.8, 4) is 0 Å². The zero-order valence-corrected chi connectivity index (χ0v) is 13.9. The van der Waals surface area contributed by atoms with Crippen molar-refractivity contribution in [1.29, 1.82) is 0 Å². The SMILES string of the molecule is Cc1ccc(CNC(=O)c2ccc(NCc3ccncc3)nn2)cc1. The molecule has 0 aliphatic carbocycles. The molecule has 0 saturated heterocycles. The molecule has 0 fully saturated rings. The van der Waals surface area contributed by atoms with E-state index in [9.17, 15) is 4.79 Å². The van der Waals surface area contributed by atoms with Gasteiger partial charge in [0.1, 0.15) is 5.82 Å². The van der Waals surface area contributed by atoms with Crippen molar-refractivity contribution in [3.63, 3.8) is 0 Å². The molecule has 0 bridgehead atoms. The molecule has 6 heteroatoms. The Bertz CT molecular complexity index is 817. The molecule has 0 unspecified atom stereocenters. The molecule has 3 aromatic rings. The number of nitrogens with one attached hydrogen (secondary N) is 2. The van der Waals surface area contributed by atoms with Crippen LogP contribution in [-0.2, 0) is 13.1 Å². The van der Waals surface area contributed by atoms with E-state index >= 15 is 0 Å². The molecule has 1 amide bonds. The number of carbonyl (C=O) groups excluding carboxylic acids is 1. The molecule has 6 nitrogen and oxygen atoms in total. The number of pyridine rings is 1. The zero-order valence-electron chi connectivity index (χ0n) is 13.9. The summed E-state index contributed by atoms with van der Waals surface area (Å²) in [5.41, 5.74) is 3.62. The van der Waals surface area contributed by atoms with Crippen molar-refractivity contribution >= 4 is 11.7 Å². The summed E-state index contributed by atoms with van der Waals surface area (Å²) in [6, 6.07) is 15.3. The lowest BCUT2D eigenvalue weighted by atomic mass is 10.1. The molecule has 0 radical (unpaired) electrons. The molecule has 0 saturated carbocycles. The highest BCUT2D eigenvalue weighted by atomic mass is 16.1. The van der Waals surface area contributed by atoms with Crippen molar-refractivity contribution in [2.45, 2.75) is 20.0 Å². The Morgan fingerprint density at radius 2 is 1.60 bits per heavy atom. The molecule has 2 N–H and O–H groups in total. The van der Waals surface area contributed by atoms with E-state index in [4.69, 9.17) is 0 Å². The Balaban J connectivity index is 1.52. The van der Waals surface area contributed by atoms with E-state index in [1.807, 2.05) is 43.3 Å². The van der Waals surface area contributed by atoms with Gasteiger partial charge in [-0.1, -0.05) is 29.8 Å². The number of carbonyl (C=O) groups is 1. The third kappa shape index (κ3) is 4.84. The van der Waals surface area contributed by atoms with Crippen LogP contribution in [0.2, 0.25) is 0 Å². The second kappa shape index (κ2) is 8.01. The van der Waals surface area contributed by atoms with Gasteiger partial charge in [0, 0.05) is 25.5 Å². The highest BCUT2D eigenvalue weighted by Gasteiger charge is 2.08. The van der Waals surface area contributed by atoms with E-state index in [0.717, 1.165) is 11.1 Å². The van der Waals surface area contributed by atoms with Crippen LogP contribution in [0.3, 0.4) is 0 Å². The van der Waals surface area contributed by atoms with Gasteiger partial charge in [0.2, 0.25) is 0 Å². The van der Waals surface area contributed by atoms with Crippen molar-refractivity contribution in [3.05, 3.63) is 83.3 Å². The molecule has 25 heavy (non-hydrogen) atoms. The standard InChI is InChI=1S/C19H19N5O/c1-14-2-4-15(5-3-14)13-22-19(25)17-6-7-18(24-23-17)21-12-16-8-10-20-11-9-16/h2-11H,12-13H2,1H3,(H,21,24)(H,22,25). The van der Waals surface area contributed by atoms with Gasteiger partial charge in [-0.3, -0.25) is 9.78 Å². The van der Waals surface area contributed by atoms with Crippen LogP contribution < -0.4 is 10.6 Å². The number of benzene rings is 1. The van der Waals surface area contributed by atoms with E-state index in [1.54, 1.807) is 24.5 Å². The minimum absolute atomic E-state index is 0.242. The molecule has 0 atom stereocenters. The highest BCUT2D eigenvalue weighted by Crippen LogP contribution is 2.06. The lowest BCUT2D eigenvalue weighted by Crippen LogP contribution is -2.24. The van der Waals surface area contributed by atoms with Gasteiger partial charge in [-0.05, 0) is 42.3 Å². The number of hydrogen-bond acceptors (Lipinski definition) is 5. The number of aromatic nitrogens is 3. The van der Waals surface area contributed by atoms with Gasteiger partial charge in [-0.25, -0.2) is 0 Å². The molecule has 0 aliphatic rings. The first-order valence-electron chi connectivity index (χ1n) is 8.01. The maximum atomic E-state index is 12.1. The molecule has 2 aromatic heterocycles. The summed E-state index contributed by atoms with van der Waals surface area (Å²) in [5, 5.41) is 14.0.